The van der Waals surface area contributed by atoms with E-state index in [4.69, 9.17) is 5.73 Å². The Morgan fingerprint density at radius 2 is 2.05 bits per heavy atom. The number of aromatic nitrogens is 1. The van der Waals surface area contributed by atoms with Crippen LogP contribution in [0.4, 0.5) is 17.2 Å². The fourth-order valence-corrected chi connectivity index (χ4v) is 1.67. The lowest BCUT2D eigenvalue weighted by Gasteiger charge is -2.08. The van der Waals surface area contributed by atoms with Gasteiger partial charge in [0, 0.05) is 18.3 Å². The first-order chi connectivity index (χ1) is 9.06. The molecule has 0 aliphatic rings. The molecule has 1 aromatic carbocycles. The summed E-state index contributed by atoms with van der Waals surface area (Å²) >= 11 is 0. The Kier molecular flexibility index (Phi) is 3.61. The molecule has 2 aromatic rings. The van der Waals surface area contributed by atoms with Crippen molar-refractivity contribution < 1.29 is 4.92 Å². The highest BCUT2D eigenvalue weighted by Gasteiger charge is 2.09. The molecule has 0 unspecified atom stereocenters. The highest BCUT2D eigenvalue weighted by molar-refractivity contribution is 5.49. The van der Waals surface area contributed by atoms with Gasteiger partial charge in [0.15, 0.2) is 0 Å². The van der Waals surface area contributed by atoms with Crippen LogP contribution in [0.1, 0.15) is 11.1 Å². The lowest BCUT2D eigenvalue weighted by molar-refractivity contribution is -0.385. The summed E-state index contributed by atoms with van der Waals surface area (Å²) < 4.78 is 0. The quantitative estimate of drug-likeness (QED) is 0.499. The number of hydrogen-bond donors (Lipinski definition) is 2. The van der Waals surface area contributed by atoms with Crippen LogP contribution >= 0.6 is 0 Å². The monoisotopic (exact) mass is 258 g/mol. The summed E-state index contributed by atoms with van der Waals surface area (Å²) in [6.45, 7) is 2.37. The zero-order valence-corrected chi connectivity index (χ0v) is 10.5. The number of rotatable bonds is 4. The molecule has 0 aliphatic heterocycles. The van der Waals surface area contributed by atoms with Gasteiger partial charge in [0.05, 0.1) is 4.92 Å². The lowest BCUT2D eigenvalue weighted by Crippen LogP contribution is -2.04. The molecule has 98 valence electrons. The van der Waals surface area contributed by atoms with Crippen LogP contribution in [0.5, 0.6) is 0 Å². The van der Waals surface area contributed by atoms with Crippen molar-refractivity contribution in [3.8, 4) is 0 Å². The van der Waals surface area contributed by atoms with Crippen LogP contribution in [0.25, 0.3) is 0 Å². The minimum atomic E-state index is -0.455. The number of nitrogen functional groups attached to an aromatic ring is 1. The van der Waals surface area contributed by atoms with Gasteiger partial charge in [0.1, 0.15) is 12.0 Å². The van der Waals surface area contributed by atoms with Crippen LogP contribution in [0, 0.1) is 17.0 Å². The average Bonchev–Trinajstić information content (AvgIpc) is 2.39. The first-order valence-corrected chi connectivity index (χ1v) is 5.75. The summed E-state index contributed by atoms with van der Waals surface area (Å²) in [6, 6.07) is 8.99. The van der Waals surface area contributed by atoms with Crippen molar-refractivity contribution in [3.05, 3.63) is 57.8 Å². The standard InChI is InChI=1S/C13H14N4O2/c1-9-6-12(17(18)19)8-16-13(9)15-7-10-2-4-11(14)5-3-10/h2-6,8H,7,14H2,1H3,(H,15,16). The molecular formula is C13H14N4O2. The van der Waals surface area contributed by atoms with Crippen molar-refractivity contribution in [2.45, 2.75) is 13.5 Å². The summed E-state index contributed by atoms with van der Waals surface area (Å²) in [7, 11) is 0. The van der Waals surface area contributed by atoms with Gasteiger partial charge in [-0.15, -0.1) is 0 Å². The van der Waals surface area contributed by atoms with Gasteiger partial charge in [0.25, 0.3) is 5.69 Å². The van der Waals surface area contributed by atoms with Crippen molar-refractivity contribution in [1.82, 2.24) is 4.98 Å². The van der Waals surface area contributed by atoms with Gasteiger partial charge in [-0.2, -0.15) is 0 Å². The molecule has 0 spiro atoms. The molecule has 0 saturated carbocycles. The Labute approximate surface area is 110 Å². The number of benzene rings is 1. The third-order valence-corrected chi connectivity index (χ3v) is 2.71. The molecular weight excluding hydrogens is 244 g/mol. The van der Waals surface area contributed by atoms with Crippen molar-refractivity contribution in [1.29, 1.82) is 0 Å². The molecule has 6 heteroatoms. The van der Waals surface area contributed by atoms with Crippen LogP contribution in [0.15, 0.2) is 36.5 Å². The molecule has 0 saturated heterocycles. The van der Waals surface area contributed by atoms with Crippen molar-refractivity contribution in [2.75, 3.05) is 11.1 Å². The van der Waals surface area contributed by atoms with Crippen molar-refractivity contribution >= 4 is 17.2 Å². The molecule has 0 radical (unpaired) electrons. The van der Waals surface area contributed by atoms with Gasteiger partial charge in [-0.05, 0) is 30.2 Å². The van der Waals surface area contributed by atoms with Gasteiger partial charge in [-0.3, -0.25) is 10.1 Å². The van der Waals surface area contributed by atoms with Crippen molar-refractivity contribution in [2.24, 2.45) is 0 Å². The highest BCUT2D eigenvalue weighted by atomic mass is 16.6. The number of nitrogens with zero attached hydrogens (tertiary/aromatic N) is 2. The Balaban J connectivity index is 2.07. The summed E-state index contributed by atoms with van der Waals surface area (Å²) in [5.41, 5.74) is 8.12. The smallest absolute Gasteiger partial charge is 0.287 e. The van der Waals surface area contributed by atoms with E-state index in [9.17, 15) is 10.1 Å². The SMILES string of the molecule is Cc1cc([N+](=O)[O-])cnc1NCc1ccc(N)cc1. The second-order valence-electron chi connectivity index (χ2n) is 4.21. The summed E-state index contributed by atoms with van der Waals surface area (Å²) in [4.78, 5) is 14.2. The van der Waals surface area contributed by atoms with E-state index in [1.165, 1.54) is 12.3 Å². The van der Waals surface area contributed by atoms with E-state index >= 15 is 0 Å². The normalized spacial score (nSPS) is 10.2. The molecule has 1 aromatic heterocycles. The maximum atomic E-state index is 10.6. The minimum Gasteiger partial charge on any atom is -0.399 e. The predicted molar refractivity (Wildman–Crippen MR) is 73.8 cm³/mol. The average molecular weight is 258 g/mol. The van der Waals surface area contributed by atoms with E-state index in [0.717, 1.165) is 11.1 Å². The van der Waals surface area contributed by atoms with E-state index < -0.39 is 4.92 Å². The van der Waals surface area contributed by atoms with Crippen LogP contribution in [-0.2, 0) is 6.54 Å². The number of aryl methyl sites for hydroxylation is 1. The Hall–Kier alpha value is -2.63. The van der Waals surface area contributed by atoms with Gasteiger partial charge in [0.2, 0.25) is 0 Å². The number of nitrogens with one attached hydrogen (secondary N) is 1. The first kappa shape index (κ1) is 12.8. The summed E-state index contributed by atoms with van der Waals surface area (Å²) in [5, 5.41) is 13.7. The zero-order valence-electron chi connectivity index (χ0n) is 10.5. The number of nitro groups is 1. The molecule has 2 rings (SSSR count). The van der Waals surface area contributed by atoms with E-state index in [1.807, 2.05) is 24.3 Å². The topological polar surface area (TPSA) is 94.1 Å². The predicted octanol–water partition coefficient (Wildman–Crippen LogP) is 2.49. The number of nitrogens with two attached hydrogens (primary N) is 1. The third-order valence-electron chi connectivity index (χ3n) is 2.71. The first-order valence-electron chi connectivity index (χ1n) is 5.75. The maximum absolute atomic E-state index is 10.6. The van der Waals surface area contributed by atoms with Crippen LogP contribution in [0.2, 0.25) is 0 Å². The summed E-state index contributed by atoms with van der Waals surface area (Å²) in [5.74, 6) is 0.641. The highest BCUT2D eigenvalue weighted by Crippen LogP contribution is 2.18. The molecule has 3 N–H and O–H groups in total. The second kappa shape index (κ2) is 5.34. The largest absolute Gasteiger partial charge is 0.399 e. The number of pyridine rings is 1. The van der Waals surface area contributed by atoms with Crippen LogP contribution in [-0.4, -0.2) is 9.91 Å². The van der Waals surface area contributed by atoms with E-state index in [0.29, 0.717) is 18.1 Å². The lowest BCUT2D eigenvalue weighted by atomic mass is 10.2. The molecule has 19 heavy (non-hydrogen) atoms. The van der Waals surface area contributed by atoms with Gasteiger partial charge < -0.3 is 11.1 Å². The zero-order chi connectivity index (χ0) is 13.8. The Morgan fingerprint density at radius 3 is 2.63 bits per heavy atom. The fraction of sp³-hybridized carbons (Fsp3) is 0.154. The second-order valence-corrected chi connectivity index (χ2v) is 4.21. The van der Waals surface area contributed by atoms with Gasteiger partial charge >= 0.3 is 0 Å². The molecule has 6 nitrogen and oxygen atoms in total. The maximum Gasteiger partial charge on any atom is 0.287 e. The molecule has 0 aliphatic carbocycles. The molecule has 0 fully saturated rings. The van der Waals surface area contributed by atoms with Crippen LogP contribution < -0.4 is 11.1 Å². The number of anilines is 2. The minimum absolute atomic E-state index is 0.00413. The Morgan fingerprint density at radius 1 is 1.37 bits per heavy atom. The molecule has 0 atom stereocenters. The van der Waals surface area contributed by atoms with E-state index in [2.05, 4.69) is 10.3 Å². The third kappa shape index (κ3) is 3.19. The van der Waals surface area contributed by atoms with Gasteiger partial charge in [-0.25, -0.2) is 4.98 Å². The van der Waals surface area contributed by atoms with E-state index in [1.54, 1.807) is 6.92 Å². The van der Waals surface area contributed by atoms with Crippen molar-refractivity contribution in [3.63, 3.8) is 0 Å². The Bertz CT molecular complexity index is 596. The number of hydrogen-bond acceptors (Lipinski definition) is 5. The fourth-order valence-electron chi connectivity index (χ4n) is 1.67. The molecule has 1 heterocycles. The molecule has 0 amide bonds. The van der Waals surface area contributed by atoms with E-state index in [-0.39, 0.29) is 5.69 Å². The van der Waals surface area contributed by atoms with Crippen LogP contribution in [0.3, 0.4) is 0 Å². The summed E-state index contributed by atoms with van der Waals surface area (Å²) in [6.07, 6.45) is 1.25. The molecule has 0 bridgehead atoms. The van der Waals surface area contributed by atoms with Gasteiger partial charge in [-0.1, -0.05) is 12.1 Å².